The van der Waals surface area contributed by atoms with Gasteiger partial charge in [0.1, 0.15) is 0 Å². The summed E-state index contributed by atoms with van der Waals surface area (Å²) in [4.78, 5) is 6.41. The highest BCUT2D eigenvalue weighted by molar-refractivity contribution is 6.69. The van der Waals surface area contributed by atoms with E-state index in [0.717, 1.165) is 19.3 Å². The maximum Gasteiger partial charge on any atom is 0.218 e. The van der Waals surface area contributed by atoms with Gasteiger partial charge in [0.05, 0.1) is 5.92 Å². The first-order valence-corrected chi connectivity index (χ1v) is 12.0. The molecule has 126 valence electrons. The zero-order valence-corrected chi connectivity index (χ0v) is 15.5. The van der Waals surface area contributed by atoms with Crippen LogP contribution in [0.5, 0.6) is 0 Å². The molecule has 0 N–H and O–H groups in total. The van der Waals surface area contributed by atoms with E-state index in [1.807, 2.05) is 0 Å². The van der Waals surface area contributed by atoms with E-state index in [-0.39, 0.29) is 11.8 Å². The lowest BCUT2D eigenvalue weighted by Crippen LogP contribution is -2.57. The van der Waals surface area contributed by atoms with E-state index in [0.29, 0.717) is 4.90 Å². The largest absolute Gasteiger partial charge is 0.398 e. The summed E-state index contributed by atoms with van der Waals surface area (Å²) in [6, 6.07) is 8.47. The number of rotatable bonds is 3. The van der Waals surface area contributed by atoms with Crippen molar-refractivity contribution in [3.05, 3.63) is 40.6 Å². The Morgan fingerprint density at radius 2 is 1.91 bits per heavy atom. The standard InChI is InChI=1S/C18H27NO3Si/c1-14-8-10-15(11-9-14)16-13-19(20)21-18(22-23(2,3)4)12-6-5-7-17(16)18/h8-11,13,16-17H,5-7,12H2,1-4H3. The topological polar surface area (TPSA) is 44.5 Å². The Hall–Kier alpha value is -1.33. The number of hydrogen-bond donors (Lipinski definition) is 0. The molecule has 1 aliphatic heterocycles. The van der Waals surface area contributed by atoms with Crippen molar-refractivity contribution in [1.82, 2.24) is 0 Å². The molecule has 1 heterocycles. The summed E-state index contributed by atoms with van der Waals surface area (Å²) in [7, 11) is -1.84. The fraction of sp³-hybridized carbons (Fsp3) is 0.611. The Balaban J connectivity index is 2.00. The summed E-state index contributed by atoms with van der Waals surface area (Å²) in [5.41, 5.74) is 2.41. The van der Waals surface area contributed by atoms with Gasteiger partial charge in [-0.2, -0.15) is 0 Å². The van der Waals surface area contributed by atoms with Gasteiger partial charge in [-0.05, 0) is 51.4 Å². The first-order valence-electron chi connectivity index (χ1n) is 8.56. The van der Waals surface area contributed by atoms with Crippen LogP contribution in [0, 0.1) is 18.0 Å². The van der Waals surface area contributed by atoms with E-state index in [9.17, 15) is 5.21 Å². The van der Waals surface area contributed by atoms with Gasteiger partial charge >= 0.3 is 0 Å². The molecule has 5 heteroatoms. The zero-order chi connectivity index (χ0) is 16.7. The van der Waals surface area contributed by atoms with Gasteiger partial charge in [-0.25, -0.2) is 0 Å². The Labute approximate surface area is 139 Å². The van der Waals surface area contributed by atoms with E-state index in [2.05, 4.69) is 50.8 Å². The fourth-order valence-corrected chi connectivity index (χ4v) is 5.22. The van der Waals surface area contributed by atoms with E-state index >= 15 is 0 Å². The van der Waals surface area contributed by atoms with E-state index < -0.39 is 14.1 Å². The van der Waals surface area contributed by atoms with Crippen LogP contribution >= 0.6 is 0 Å². The lowest BCUT2D eigenvalue weighted by molar-refractivity contribution is -0.788. The van der Waals surface area contributed by atoms with Gasteiger partial charge < -0.3 is 9.26 Å². The number of aryl methyl sites for hydroxylation is 1. The minimum Gasteiger partial charge on any atom is -0.398 e. The highest BCUT2D eigenvalue weighted by Gasteiger charge is 2.52. The first kappa shape index (κ1) is 16.5. The lowest BCUT2D eigenvalue weighted by atomic mass is 9.73. The van der Waals surface area contributed by atoms with Crippen molar-refractivity contribution in [2.45, 2.75) is 64.0 Å². The van der Waals surface area contributed by atoms with Crippen LogP contribution < -0.4 is 0 Å². The van der Waals surface area contributed by atoms with E-state index in [4.69, 9.17) is 9.26 Å². The Kier molecular flexibility index (Phi) is 4.27. The molecule has 1 aliphatic carbocycles. The van der Waals surface area contributed by atoms with Crippen molar-refractivity contribution < 1.29 is 14.2 Å². The van der Waals surface area contributed by atoms with Gasteiger partial charge in [0.2, 0.25) is 6.21 Å². The summed E-state index contributed by atoms with van der Waals surface area (Å²) in [6.45, 7) is 8.55. The van der Waals surface area contributed by atoms with Crippen LogP contribution in [0.25, 0.3) is 0 Å². The molecule has 1 aromatic rings. The third kappa shape index (κ3) is 3.45. The van der Waals surface area contributed by atoms with E-state index in [1.54, 1.807) is 6.21 Å². The normalized spacial score (nSPS) is 31.0. The van der Waals surface area contributed by atoms with Crippen molar-refractivity contribution >= 4 is 14.5 Å². The molecule has 3 unspecified atom stereocenters. The van der Waals surface area contributed by atoms with Gasteiger partial charge in [0.15, 0.2) is 14.1 Å². The average molecular weight is 334 g/mol. The fourth-order valence-electron chi connectivity index (χ4n) is 3.90. The quantitative estimate of drug-likeness (QED) is 0.610. The van der Waals surface area contributed by atoms with Gasteiger partial charge in [-0.15, -0.1) is 0 Å². The second kappa shape index (κ2) is 5.95. The molecule has 0 radical (unpaired) electrons. The van der Waals surface area contributed by atoms with Crippen LogP contribution in [0.15, 0.2) is 24.3 Å². The first-order chi connectivity index (χ1) is 10.8. The molecule has 0 spiro atoms. The van der Waals surface area contributed by atoms with Crippen LogP contribution in [0.4, 0.5) is 0 Å². The second-order valence-electron chi connectivity index (χ2n) is 7.84. The monoisotopic (exact) mass is 333 g/mol. The Bertz CT molecular complexity index is 593. The van der Waals surface area contributed by atoms with Crippen LogP contribution in [0.1, 0.15) is 42.7 Å². The minimum absolute atomic E-state index is 0.0542. The van der Waals surface area contributed by atoms with Crippen LogP contribution in [0.3, 0.4) is 0 Å². The summed E-state index contributed by atoms with van der Waals surface area (Å²) >= 11 is 0. The van der Waals surface area contributed by atoms with Gasteiger partial charge in [-0.3, -0.25) is 5.21 Å². The SMILES string of the molecule is Cc1ccc(C2C=[N+]([O-])OC3(O[Si](C)(C)C)CCCCC23)cc1. The molecule has 2 aliphatic rings. The molecular weight excluding hydrogens is 306 g/mol. The summed E-state index contributed by atoms with van der Waals surface area (Å²) in [5.74, 6) is -0.496. The third-order valence-corrected chi connectivity index (χ3v) is 5.71. The Morgan fingerprint density at radius 1 is 1.22 bits per heavy atom. The molecule has 4 nitrogen and oxygen atoms in total. The van der Waals surface area contributed by atoms with Crippen LogP contribution in [-0.2, 0) is 9.26 Å². The molecule has 0 saturated heterocycles. The van der Waals surface area contributed by atoms with Gasteiger partial charge in [0.25, 0.3) is 0 Å². The highest BCUT2D eigenvalue weighted by atomic mass is 28.4. The van der Waals surface area contributed by atoms with Crippen molar-refractivity contribution in [3.63, 3.8) is 0 Å². The molecule has 1 saturated carbocycles. The number of fused-ring (bicyclic) bond motifs is 1. The molecule has 3 rings (SSSR count). The molecule has 1 fully saturated rings. The molecule has 23 heavy (non-hydrogen) atoms. The van der Waals surface area contributed by atoms with Crippen molar-refractivity contribution in [1.29, 1.82) is 0 Å². The van der Waals surface area contributed by atoms with Crippen molar-refractivity contribution in [2.24, 2.45) is 5.92 Å². The molecular formula is C18H27NO3Si. The number of hydrogen-bond acceptors (Lipinski definition) is 3. The maximum atomic E-state index is 12.2. The predicted molar refractivity (Wildman–Crippen MR) is 93.8 cm³/mol. The maximum absolute atomic E-state index is 12.2. The van der Waals surface area contributed by atoms with Crippen molar-refractivity contribution in [3.8, 4) is 0 Å². The van der Waals surface area contributed by atoms with Gasteiger partial charge in [-0.1, -0.05) is 36.2 Å². The summed E-state index contributed by atoms with van der Waals surface area (Å²) in [6.07, 6.45) is 5.73. The van der Waals surface area contributed by atoms with Crippen LogP contribution in [-0.4, -0.2) is 25.2 Å². The molecule has 0 amide bonds. The molecule has 3 atom stereocenters. The zero-order valence-electron chi connectivity index (χ0n) is 14.5. The van der Waals surface area contributed by atoms with Crippen LogP contribution in [0.2, 0.25) is 19.6 Å². The summed E-state index contributed by atoms with van der Waals surface area (Å²) < 4.78 is 6.47. The predicted octanol–water partition coefficient (Wildman–Crippen LogP) is 4.34. The van der Waals surface area contributed by atoms with E-state index in [1.165, 1.54) is 17.5 Å². The molecule has 0 aromatic heterocycles. The average Bonchev–Trinajstić information content (AvgIpc) is 2.44. The van der Waals surface area contributed by atoms with Crippen molar-refractivity contribution in [2.75, 3.05) is 0 Å². The van der Waals surface area contributed by atoms with Gasteiger partial charge in [0, 0.05) is 10.8 Å². The molecule has 0 bridgehead atoms. The number of benzene rings is 1. The minimum atomic E-state index is -1.84. The summed E-state index contributed by atoms with van der Waals surface area (Å²) in [5, 5.41) is 12.2. The Morgan fingerprint density at radius 3 is 2.57 bits per heavy atom. The third-order valence-electron chi connectivity index (χ3n) is 4.76. The highest BCUT2D eigenvalue weighted by Crippen LogP contribution is 2.48. The second-order valence-corrected chi connectivity index (χ2v) is 12.3. The smallest absolute Gasteiger partial charge is 0.218 e. The molecule has 1 aromatic carbocycles. The number of nitrogens with zero attached hydrogens (tertiary/aromatic N) is 1. The lowest BCUT2D eigenvalue weighted by Gasteiger charge is -2.51.